The summed E-state index contributed by atoms with van der Waals surface area (Å²) in [5.41, 5.74) is 2.49. The number of hydrogen-bond acceptors (Lipinski definition) is 4. The van der Waals surface area contributed by atoms with Crippen molar-refractivity contribution < 1.29 is 4.79 Å². The monoisotopic (exact) mass is 312 g/mol. The molecule has 5 nitrogen and oxygen atoms in total. The molecule has 0 N–H and O–H groups in total. The van der Waals surface area contributed by atoms with Gasteiger partial charge in [0, 0.05) is 32.7 Å². The third-order valence-electron chi connectivity index (χ3n) is 4.91. The van der Waals surface area contributed by atoms with E-state index in [1.54, 1.807) is 4.90 Å². The minimum absolute atomic E-state index is 0.157. The smallest absolute Gasteiger partial charge is 0.242 e. The second kappa shape index (κ2) is 6.59. The molecular weight excluding hydrogens is 288 g/mol. The molecule has 0 aromatic heterocycles. The summed E-state index contributed by atoms with van der Waals surface area (Å²) in [6, 6.07) is 8.39. The van der Waals surface area contributed by atoms with E-state index in [9.17, 15) is 4.79 Å². The third-order valence-corrected chi connectivity index (χ3v) is 4.91. The van der Waals surface area contributed by atoms with Gasteiger partial charge in [0.2, 0.25) is 5.91 Å². The number of fused-ring (bicyclic) bond motifs is 1. The summed E-state index contributed by atoms with van der Waals surface area (Å²) in [4.78, 5) is 18.6. The van der Waals surface area contributed by atoms with Gasteiger partial charge in [0.25, 0.3) is 0 Å². The largest absolute Gasteiger partial charge is 0.336 e. The van der Waals surface area contributed by atoms with E-state index in [0.717, 1.165) is 26.2 Å². The van der Waals surface area contributed by atoms with Crippen molar-refractivity contribution in [3.05, 3.63) is 35.4 Å². The summed E-state index contributed by atoms with van der Waals surface area (Å²) in [5.74, 6) is 0.678. The lowest BCUT2D eigenvalue weighted by Crippen LogP contribution is -2.63. The van der Waals surface area contributed by atoms with Gasteiger partial charge in [-0.1, -0.05) is 38.1 Å². The lowest BCUT2D eigenvalue weighted by Gasteiger charge is -2.45. The van der Waals surface area contributed by atoms with E-state index >= 15 is 0 Å². The Morgan fingerprint density at radius 1 is 1.17 bits per heavy atom. The number of hydrogen-bond donors (Lipinski definition) is 0. The molecule has 2 heterocycles. The van der Waals surface area contributed by atoms with Crippen molar-refractivity contribution in [3.8, 4) is 6.19 Å². The topological polar surface area (TPSA) is 50.6 Å². The highest BCUT2D eigenvalue weighted by Gasteiger charge is 2.38. The quantitative estimate of drug-likeness (QED) is 0.796. The first-order valence-corrected chi connectivity index (χ1v) is 8.35. The number of amides is 1. The van der Waals surface area contributed by atoms with E-state index in [0.29, 0.717) is 19.0 Å². The van der Waals surface area contributed by atoms with E-state index in [-0.39, 0.29) is 11.9 Å². The van der Waals surface area contributed by atoms with Crippen molar-refractivity contribution >= 4 is 5.91 Å². The Morgan fingerprint density at radius 3 is 2.52 bits per heavy atom. The number of carbonyl (C=O) groups is 1. The maximum absolute atomic E-state index is 12.7. The first-order chi connectivity index (χ1) is 11.1. The average Bonchev–Trinajstić information content (AvgIpc) is 2.57. The zero-order valence-electron chi connectivity index (χ0n) is 13.9. The molecule has 2 saturated heterocycles. The number of carbonyl (C=O) groups excluding carboxylic acids is 1. The van der Waals surface area contributed by atoms with E-state index in [1.807, 2.05) is 4.90 Å². The molecule has 1 atom stereocenters. The van der Waals surface area contributed by atoms with Gasteiger partial charge in [-0.25, -0.2) is 0 Å². The van der Waals surface area contributed by atoms with Crippen LogP contribution < -0.4 is 0 Å². The van der Waals surface area contributed by atoms with Crippen LogP contribution in [0, 0.1) is 11.5 Å². The fraction of sp³-hybridized carbons (Fsp3) is 0.556. The Bertz CT molecular complexity index is 604. The van der Waals surface area contributed by atoms with Gasteiger partial charge in [-0.15, -0.1) is 0 Å². The number of nitriles is 1. The summed E-state index contributed by atoms with van der Waals surface area (Å²) < 4.78 is 0. The van der Waals surface area contributed by atoms with Crippen LogP contribution in [0.4, 0.5) is 0 Å². The van der Waals surface area contributed by atoms with Gasteiger partial charge in [0.05, 0.1) is 6.54 Å². The van der Waals surface area contributed by atoms with Gasteiger partial charge in [-0.3, -0.25) is 9.69 Å². The molecule has 23 heavy (non-hydrogen) atoms. The van der Waals surface area contributed by atoms with Crippen LogP contribution in [-0.2, 0) is 11.3 Å². The number of nitrogens with zero attached hydrogens (tertiary/aromatic N) is 4. The number of piperazine rings is 2. The fourth-order valence-electron chi connectivity index (χ4n) is 3.37. The molecule has 0 aliphatic carbocycles. The SMILES string of the molecule is CC(C)c1ccc(CN2CCN3CCN(C#N)C[C@@H]3C2=O)cc1. The van der Waals surface area contributed by atoms with E-state index in [2.05, 4.69) is 49.2 Å². The van der Waals surface area contributed by atoms with E-state index < -0.39 is 0 Å². The van der Waals surface area contributed by atoms with Crippen molar-refractivity contribution in [2.45, 2.75) is 32.4 Å². The highest BCUT2D eigenvalue weighted by atomic mass is 16.2. The molecule has 2 fully saturated rings. The van der Waals surface area contributed by atoms with Crippen LogP contribution in [0.3, 0.4) is 0 Å². The number of benzene rings is 1. The van der Waals surface area contributed by atoms with Crippen LogP contribution in [0.1, 0.15) is 30.9 Å². The number of rotatable bonds is 3. The van der Waals surface area contributed by atoms with Gasteiger partial charge < -0.3 is 9.80 Å². The first-order valence-electron chi connectivity index (χ1n) is 8.35. The molecule has 2 aliphatic heterocycles. The molecule has 0 bridgehead atoms. The van der Waals surface area contributed by atoms with Gasteiger partial charge >= 0.3 is 0 Å². The average molecular weight is 312 g/mol. The lowest BCUT2D eigenvalue weighted by atomic mass is 10.0. The van der Waals surface area contributed by atoms with Gasteiger partial charge in [0.15, 0.2) is 6.19 Å². The van der Waals surface area contributed by atoms with Gasteiger partial charge in [-0.05, 0) is 17.0 Å². The van der Waals surface area contributed by atoms with Crippen LogP contribution >= 0.6 is 0 Å². The van der Waals surface area contributed by atoms with Crippen LogP contribution in [0.25, 0.3) is 0 Å². The summed E-state index contributed by atoms with van der Waals surface area (Å²) in [5, 5.41) is 9.07. The van der Waals surface area contributed by atoms with Crippen molar-refractivity contribution in [1.29, 1.82) is 5.26 Å². The summed E-state index contributed by atoms with van der Waals surface area (Å²) in [6.07, 6.45) is 2.17. The van der Waals surface area contributed by atoms with Gasteiger partial charge in [-0.2, -0.15) is 5.26 Å². The zero-order valence-corrected chi connectivity index (χ0v) is 13.9. The van der Waals surface area contributed by atoms with Crippen molar-refractivity contribution in [2.24, 2.45) is 0 Å². The Labute approximate surface area is 138 Å². The molecule has 122 valence electrons. The predicted octanol–water partition coefficient (Wildman–Crippen LogP) is 1.62. The van der Waals surface area contributed by atoms with Crippen molar-refractivity contribution in [2.75, 3.05) is 32.7 Å². The molecule has 1 amide bonds. The molecular formula is C18H24N4O. The lowest BCUT2D eigenvalue weighted by molar-refractivity contribution is -0.145. The molecule has 0 spiro atoms. The maximum atomic E-state index is 12.7. The fourth-order valence-corrected chi connectivity index (χ4v) is 3.37. The highest BCUT2D eigenvalue weighted by Crippen LogP contribution is 2.20. The first kappa shape index (κ1) is 15.8. The van der Waals surface area contributed by atoms with Crippen LogP contribution in [0.2, 0.25) is 0 Å². The van der Waals surface area contributed by atoms with Crippen LogP contribution in [0.15, 0.2) is 24.3 Å². The maximum Gasteiger partial charge on any atom is 0.242 e. The molecule has 0 saturated carbocycles. The van der Waals surface area contributed by atoms with Gasteiger partial charge in [0.1, 0.15) is 6.04 Å². The van der Waals surface area contributed by atoms with E-state index in [4.69, 9.17) is 5.26 Å². The Hall–Kier alpha value is -2.06. The van der Waals surface area contributed by atoms with Crippen molar-refractivity contribution in [3.63, 3.8) is 0 Å². The Morgan fingerprint density at radius 2 is 1.87 bits per heavy atom. The minimum Gasteiger partial charge on any atom is -0.336 e. The molecule has 3 rings (SSSR count). The van der Waals surface area contributed by atoms with Crippen molar-refractivity contribution in [1.82, 2.24) is 14.7 Å². The molecule has 1 aromatic rings. The molecule has 0 unspecified atom stereocenters. The normalized spacial score (nSPS) is 22.2. The minimum atomic E-state index is -0.160. The summed E-state index contributed by atoms with van der Waals surface area (Å²) in [6.45, 7) is 8.77. The van der Waals surface area contributed by atoms with Crippen LogP contribution in [-0.4, -0.2) is 59.4 Å². The molecule has 0 radical (unpaired) electrons. The predicted molar refractivity (Wildman–Crippen MR) is 88.5 cm³/mol. The van der Waals surface area contributed by atoms with Crippen LogP contribution in [0.5, 0.6) is 0 Å². The molecule has 1 aromatic carbocycles. The second-order valence-corrected chi connectivity index (χ2v) is 6.75. The zero-order chi connectivity index (χ0) is 16.4. The Kier molecular flexibility index (Phi) is 4.53. The summed E-state index contributed by atoms with van der Waals surface area (Å²) >= 11 is 0. The standard InChI is InChI=1S/C18H24N4O/c1-14(2)16-5-3-15(4-6-16)11-22-10-9-21-8-7-20(13-19)12-17(21)18(22)23/h3-6,14,17H,7-12H2,1-2H3/t17-/m1/s1. The third kappa shape index (κ3) is 3.32. The van der Waals surface area contributed by atoms with E-state index in [1.165, 1.54) is 11.1 Å². The summed E-state index contributed by atoms with van der Waals surface area (Å²) in [7, 11) is 0. The molecule has 2 aliphatic rings. The highest BCUT2D eigenvalue weighted by molar-refractivity contribution is 5.83. The Balaban J connectivity index is 1.67. The second-order valence-electron chi connectivity index (χ2n) is 6.75. The molecule has 5 heteroatoms.